The van der Waals surface area contributed by atoms with Crippen LogP contribution in [0.15, 0.2) is 56.7 Å². The monoisotopic (exact) mass is 372 g/mol. The molecule has 3 N–H and O–H groups in total. The summed E-state index contributed by atoms with van der Waals surface area (Å²) in [5.74, 6) is 0. The molecule has 0 spiro atoms. The second-order valence-corrected chi connectivity index (χ2v) is 7.41. The lowest BCUT2D eigenvalue weighted by Gasteiger charge is -2.10. The van der Waals surface area contributed by atoms with Crippen LogP contribution in [0, 0.1) is 0 Å². The smallest absolute Gasteiger partial charge is 0.263 e. The van der Waals surface area contributed by atoms with Crippen molar-refractivity contribution in [2.75, 3.05) is 16.7 Å². The van der Waals surface area contributed by atoms with Gasteiger partial charge < -0.3 is 5.73 Å². The molecule has 0 aromatic heterocycles. The molecule has 2 aromatic rings. The van der Waals surface area contributed by atoms with Crippen molar-refractivity contribution in [3.63, 3.8) is 0 Å². The van der Waals surface area contributed by atoms with Crippen LogP contribution < -0.4 is 10.5 Å². The third-order valence-electron chi connectivity index (χ3n) is 2.59. The first-order chi connectivity index (χ1) is 9.42. The van der Waals surface area contributed by atoms with Crippen LogP contribution >= 0.6 is 27.7 Å². The van der Waals surface area contributed by atoms with E-state index in [1.165, 1.54) is 6.07 Å². The van der Waals surface area contributed by atoms with E-state index < -0.39 is 10.0 Å². The maximum Gasteiger partial charge on any atom is 0.263 e. The maximum absolute atomic E-state index is 12.3. The fourth-order valence-electron chi connectivity index (χ4n) is 1.60. The number of thioether (sulfide) groups is 1. The van der Waals surface area contributed by atoms with E-state index in [-0.39, 0.29) is 4.90 Å². The maximum atomic E-state index is 12.3. The molecule has 7 heteroatoms. The molecule has 0 aliphatic rings. The second kappa shape index (κ2) is 6.07. The molecule has 2 aromatic carbocycles. The van der Waals surface area contributed by atoms with Gasteiger partial charge >= 0.3 is 0 Å². The standard InChI is InChI=1S/C13H13BrN2O2S2/c1-19-11-5-3-10(4-6-11)16-20(17,18)13-8-9(15)2-7-12(13)14/h2-8,16H,15H2,1H3. The summed E-state index contributed by atoms with van der Waals surface area (Å²) < 4.78 is 27.7. The van der Waals surface area contributed by atoms with Crippen LogP contribution in [0.1, 0.15) is 0 Å². The van der Waals surface area contributed by atoms with Crippen molar-refractivity contribution in [2.45, 2.75) is 9.79 Å². The topological polar surface area (TPSA) is 72.2 Å². The molecule has 0 radical (unpaired) electrons. The van der Waals surface area contributed by atoms with Crippen molar-refractivity contribution >= 4 is 49.1 Å². The molecule has 4 nitrogen and oxygen atoms in total. The van der Waals surface area contributed by atoms with Crippen molar-refractivity contribution < 1.29 is 8.42 Å². The van der Waals surface area contributed by atoms with Gasteiger partial charge in [0.25, 0.3) is 10.0 Å². The number of hydrogen-bond acceptors (Lipinski definition) is 4. The molecular formula is C13H13BrN2O2S2. The van der Waals surface area contributed by atoms with Gasteiger partial charge in [0.2, 0.25) is 0 Å². The molecule has 2 rings (SSSR count). The first kappa shape index (κ1) is 15.2. The molecule has 20 heavy (non-hydrogen) atoms. The van der Waals surface area contributed by atoms with E-state index in [1.54, 1.807) is 36.0 Å². The normalized spacial score (nSPS) is 11.3. The van der Waals surface area contributed by atoms with Gasteiger partial charge in [0.1, 0.15) is 4.90 Å². The summed E-state index contributed by atoms with van der Waals surface area (Å²) in [6.45, 7) is 0. The van der Waals surface area contributed by atoms with Crippen LogP contribution in [-0.4, -0.2) is 14.7 Å². The Hall–Kier alpha value is -1.18. The fourth-order valence-corrected chi connectivity index (χ4v) is 4.06. The molecule has 0 unspecified atom stereocenters. The molecule has 0 aliphatic heterocycles. The second-order valence-electron chi connectivity index (χ2n) is 4.02. The molecule has 106 valence electrons. The van der Waals surface area contributed by atoms with Crippen molar-refractivity contribution in [2.24, 2.45) is 0 Å². The van der Waals surface area contributed by atoms with Gasteiger partial charge in [-0.25, -0.2) is 8.42 Å². The van der Waals surface area contributed by atoms with Gasteiger partial charge in [-0.1, -0.05) is 0 Å². The van der Waals surface area contributed by atoms with Crippen LogP contribution in [0.4, 0.5) is 11.4 Å². The zero-order chi connectivity index (χ0) is 14.8. The van der Waals surface area contributed by atoms with Gasteiger partial charge in [-0.05, 0) is 64.7 Å². The highest BCUT2D eigenvalue weighted by molar-refractivity contribution is 9.10. The molecule has 0 bridgehead atoms. The molecule has 0 amide bonds. The molecule has 0 fully saturated rings. The third-order valence-corrected chi connectivity index (χ3v) is 5.71. The summed E-state index contributed by atoms with van der Waals surface area (Å²) in [5, 5.41) is 0. The van der Waals surface area contributed by atoms with Gasteiger partial charge in [-0.2, -0.15) is 0 Å². The molecule has 0 heterocycles. The summed E-state index contributed by atoms with van der Waals surface area (Å²) in [6, 6.07) is 11.8. The van der Waals surface area contributed by atoms with Gasteiger partial charge in [-0.15, -0.1) is 11.8 Å². The average Bonchev–Trinajstić information content (AvgIpc) is 2.42. The number of nitrogen functional groups attached to an aromatic ring is 1. The minimum atomic E-state index is -3.67. The van der Waals surface area contributed by atoms with Gasteiger partial charge in [0, 0.05) is 20.7 Å². The SMILES string of the molecule is CSc1ccc(NS(=O)(=O)c2cc(N)ccc2Br)cc1. The van der Waals surface area contributed by atoms with Crippen LogP contribution in [0.3, 0.4) is 0 Å². The number of anilines is 2. The minimum Gasteiger partial charge on any atom is -0.399 e. The summed E-state index contributed by atoms with van der Waals surface area (Å²) in [7, 11) is -3.67. The molecule has 0 aliphatic carbocycles. The predicted octanol–water partition coefficient (Wildman–Crippen LogP) is 3.55. The zero-order valence-corrected chi connectivity index (χ0v) is 13.8. The van der Waals surface area contributed by atoms with E-state index in [1.807, 2.05) is 18.4 Å². The highest BCUT2D eigenvalue weighted by Gasteiger charge is 2.18. The van der Waals surface area contributed by atoms with Crippen LogP contribution in [0.5, 0.6) is 0 Å². The molecular weight excluding hydrogens is 360 g/mol. The highest BCUT2D eigenvalue weighted by atomic mass is 79.9. The Morgan fingerprint density at radius 2 is 1.80 bits per heavy atom. The Balaban J connectivity index is 2.32. The lowest BCUT2D eigenvalue weighted by atomic mass is 10.3. The predicted molar refractivity (Wildman–Crippen MR) is 87.6 cm³/mol. The van der Waals surface area contributed by atoms with E-state index >= 15 is 0 Å². The van der Waals surface area contributed by atoms with Crippen LogP contribution in [0.2, 0.25) is 0 Å². The third kappa shape index (κ3) is 3.47. The molecule has 0 saturated heterocycles. The number of halogens is 1. The quantitative estimate of drug-likeness (QED) is 0.635. The first-order valence-electron chi connectivity index (χ1n) is 5.64. The van der Waals surface area contributed by atoms with Crippen molar-refractivity contribution in [3.8, 4) is 0 Å². The van der Waals surface area contributed by atoms with E-state index in [0.29, 0.717) is 15.8 Å². The number of rotatable bonds is 4. The molecule has 0 saturated carbocycles. The number of nitrogens with one attached hydrogen (secondary N) is 1. The summed E-state index contributed by atoms with van der Waals surface area (Å²) >= 11 is 4.82. The van der Waals surface area contributed by atoms with Crippen LogP contribution in [-0.2, 0) is 10.0 Å². The van der Waals surface area contributed by atoms with Gasteiger partial charge in [0.05, 0.1) is 0 Å². The van der Waals surface area contributed by atoms with Crippen molar-refractivity contribution in [3.05, 3.63) is 46.9 Å². The largest absolute Gasteiger partial charge is 0.399 e. The molecule has 0 atom stereocenters. The van der Waals surface area contributed by atoms with E-state index in [9.17, 15) is 8.42 Å². The lowest BCUT2D eigenvalue weighted by Crippen LogP contribution is -2.13. The Bertz CT molecular complexity index is 716. The van der Waals surface area contributed by atoms with Crippen LogP contribution in [0.25, 0.3) is 0 Å². The Labute approximate surface area is 130 Å². The van der Waals surface area contributed by atoms with E-state index in [2.05, 4.69) is 20.7 Å². The lowest BCUT2D eigenvalue weighted by molar-refractivity contribution is 0.601. The first-order valence-corrected chi connectivity index (χ1v) is 9.14. The highest BCUT2D eigenvalue weighted by Crippen LogP contribution is 2.26. The summed E-state index contributed by atoms with van der Waals surface area (Å²) in [5.41, 5.74) is 6.55. The van der Waals surface area contributed by atoms with Crippen molar-refractivity contribution in [1.82, 2.24) is 0 Å². The van der Waals surface area contributed by atoms with Gasteiger partial charge in [0.15, 0.2) is 0 Å². The number of nitrogens with two attached hydrogens (primary N) is 1. The summed E-state index contributed by atoms with van der Waals surface area (Å²) in [4.78, 5) is 1.18. The van der Waals surface area contributed by atoms with E-state index in [4.69, 9.17) is 5.73 Å². The Kier molecular flexibility index (Phi) is 4.62. The van der Waals surface area contributed by atoms with Gasteiger partial charge in [-0.3, -0.25) is 4.72 Å². The number of sulfonamides is 1. The minimum absolute atomic E-state index is 0.117. The van der Waals surface area contributed by atoms with E-state index in [0.717, 1.165) is 4.90 Å². The zero-order valence-electron chi connectivity index (χ0n) is 10.6. The number of hydrogen-bond donors (Lipinski definition) is 2. The van der Waals surface area contributed by atoms with Crippen molar-refractivity contribution in [1.29, 1.82) is 0 Å². The summed E-state index contributed by atoms with van der Waals surface area (Å²) in [6.07, 6.45) is 1.96. The fraction of sp³-hybridized carbons (Fsp3) is 0.0769. The average molecular weight is 373 g/mol. The Morgan fingerprint density at radius 1 is 1.15 bits per heavy atom. The Morgan fingerprint density at radius 3 is 2.40 bits per heavy atom. The number of benzene rings is 2.